The van der Waals surface area contributed by atoms with E-state index in [0.29, 0.717) is 0 Å². The lowest BCUT2D eigenvalue weighted by Gasteiger charge is -2.15. The summed E-state index contributed by atoms with van der Waals surface area (Å²) < 4.78 is 13.2. The average Bonchev–Trinajstić information content (AvgIpc) is 2.27. The summed E-state index contributed by atoms with van der Waals surface area (Å²) in [4.78, 5) is 7.37. The smallest absolute Gasteiger partial charge is 0.239 e. The van der Waals surface area contributed by atoms with Gasteiger partial charge in [0.2, 0.25) is 5.95 Å². The van der Waals surface area contributed by atoms with Crippen LogP contribution < -0.4 is 16.6 Å². The van der Waals surface area contributed by atoms with Crippen molar-refractivity contribution < 1.29 is 9.50 Å². The lowest BCUT2D eigenvalue weighted by molar-refractivity contribution is 0.137. The van der Waals surface area contributed by atoms with Crippen molar-refractivity contribution in [1.82, 2.24) is 9.97 Å². The predicted molar refractivity (Wildman–Crippen MR) is 59.1 cm³/mol. The van der Waals surface area contributed by atoms with E-state index in [4.69, 9.17) is 5.84 Å². The molecule has 0 fully saturated rings. The summed E-state index contributed by atoms with van der Waals surface area (Å²) in [6.07, 6.45) is 0.440. The Labute approximate surface area is 93.1 Å². The van der Waals surface area contributed by atoms with Crippen LogP contribution in [0.5, 0.6) is 0 Å². The van der Waals surface area contributed by atoms with Crippen molar-refractivity contribution in [3.8, 4) is 0 Å². The van der Waals surface area contributed by atoms with Crippen molar-refractivity contribution in [2.24, 2.45) is 11.8 Å². The minimum atomic E-state index is -0.588. The second-order valence-electron chi connectivity index (χ2n) is 3.73. The van der Waals surface area contributed by atoms with Gasteiger partial charge < -0.3 is 10.4 Å². The van der Waals surface area contributed by atoms with Crippen LogP contribution in [0.4, 0.5) is 16.2 Å². The molecule has 0 radical (unpaired) electrons. The fraction of sp³-hybridized carbons (Fsp3) is 0.556. The third-order valence-corrected chi connectivity index (χ3v) is 2.12. The van der Waals surface area contributed by atoms with Gasteiger partial charge >= 0.3 is 0 Å². The van der Waals surface area contributed by atoms with Gasteiger partial charge in [0.15, 0.2) is 11.6 Å². The van der Waals surface area contributed by atoms with Gasteiger partial charge in [0.25, 0.3) is 0 Å². The molecule has 1 atom stereocenters. The molecule has 0 saturated carbocycles. The van der Waals surface area contributed by atoms with E-state index in [1.807, 2.05) is 13.8 Å². The lowest BCUT2D eigenvalue weighted by Crippen LogP contribution is -2.25. The molecule has 1 aromatic rings. The average molecular weight is 229 g/mol. The van der Waals surface area contributed by atoms with Crippen molar-refractivity contribution in [3.05, 3.63) is 12.0 Å². The van der Waals surface area contributed by atoms with Gasteiger partial charge in [0.1, 0.15) is 0 Å². The van der Waals surface area contributed by atoms with Crippen molar-refractivity contribution >= 4 is 11.8 Å². The van der Waals surface area contributed by atoms with E-state index < -0.39 is 11.9 Å². The SMILES string of the molecule is CC(C)C(O)CNc1nc(NN)ncc1F. The monoisotopic (exact) mass is 229 g/mol. The quantitative estimate of drug-likeness (QED) is 0.429. The minimum Gasteiger partial charge on any atom is -0.391 e. The molecule has 1 rings (SSSR count). The molecule has 0 aliphatic carbocycles. The Morgan fingerprint density at radius 2 is 2.25 bits per heavy atom. The van der Waals surface area contributed by atoms with Crippen LogP contribution in [-0.4, -0.2) is 27.7 Å². The van der Waals surface area contributed by atoms with E-state index in [1.165, 1.54) is 0 Å². The number of nitrogens with zero attached hydrogens (tertiary/aromatic N) is 2. The van der Waals surface area contributed by atoms with Crippen LogP contribution in [-0.2, 0) is 0 Å². The molecule has 1 unspecified atom stereocenters. The second-order valence-corrected chi connectivity index (χ2v) is 3.73. The summed E-state index contributed by atoms with van der Waals surface area (Å²) in [7, 11) is 0. The number of rotatable bonds is 5. The largest absolute Gasteiger partial charge is 0.391 e. The highest BCUT2D eigenvalue weighted by atomic mass is 19.1. The Morgan fingerprint density at radius 3 is 2.81 bits per heavy atom. The molecule has 0 amide bonds. The number of nitrogen functional groups attached to an aromatic ring is 1. The number of aliphatic hydroxyl groups is 1. The number of hydrazine groups is 1. The van der Waals surface area contributed by atoms with Crippen LogP contribution in [0.15, 0.2) is 6.20 Å². The first-order valence-corrected chi connectivity index (χ1v) is 4.95. The molecule has 6 nitrogen and oxygen atoms in total. The summed E-state index contributed by atoms with van der Waals surface area (Å²) in [5.74, 6) is 4.73. The normalized spacial score (nSPS) is 12.6. The zero-order valence-electron chi connectivity index (χ0n) is 9.24. The summed E-state index contributed by atoms with van der Waals surface area (Å²) in [5, 5.41) is 12.2. The van der Waals surface area contributed by atoms with Gasteiger partial charge in [-0.05, 0) is 5.92 Å². The standard InChI is InChI=1S/C9H16FN5O/c1-5(2)7(16)4-12-8-6(10)3-13-9(14-8)15-11/h3,5,7,16H,4,11H2,1-2H3,(H2,12,13,14,15). The van der Waals surface area contributed by atoms with Gasteiger partial charge in [-0.25, -0.2) is 15.2 Å². The van der Waals surface area contributed by atoms with Crippen LogP contribution in [0.1, 0.15) is 13.8 Å². The molecule has 0 spiro atoms. The van der Waals surface area contributed by atoms with Gasteiger partial charge in [-0.3, -0.25) is 5.43 Å². The Kier molecular flexibility index (Phi) is 4.39. The van der Waals surface area contributed by atoms with Crippen LogP contribution >= 0.6 is 0 Å². The van der Waals surface area contributed by atoms with Crippen LogP contribution in [0.25, 0.3) is 0 Å². The molecule has 1 heterocycles. The number of aromatic nitrogens is 2. The summed E-state index contributed by atoms with van der Waals surface area (Å²) in [5.41, 5.74) is 2.21. The van der Waals surface area contributed by atoms with Crippen LogP contribution in [0, 0.1) is 11.7 Å². The van der Waals surface area contributed by atoms with Gasteiger partial charge in [-0.1, -0.05) is 13.8 Å². The van der Waals surface area contributed by atoms with Crippen molar-refractivity contribution in [1.29, 1.82) is 0 Å². The number of nitrogens with one attached hydrogen (secondary N) is 2. The van der Waals surface area contributed by atoms with Gasteiger partial charge in [0.05, 0.1) is 12.3 Å². The van der Waals surface area contributed by atoms with Crippen molar-refractivity contribution in [2.75, 3.05) is 17.3 Å². The second kappa shape index (κ2) is 5.57. The Morgan fingerprint density at radius 1 is 1.56 bits per heavy atom. The first kappa shape index (κ1) is 12.6. The molecule has 0 aliphatic rings. The number of hydrogen-bond donors (Lipinski definition) is 4. The first-order chi connectivity index (χ1) is 7.54. The fourth-order valence-electron chi connectivity index (χ4n) is 0.998. The van der Waals surface area contributed by atoms with Gasteiger partial charge in [0, 0.05) is 6.54 Å². The molecule has 0 saturated heterocycles. The van der Waals surface area contributed by atoms with Gasteiger partial charge in [-0.15, -0.1) is 0 Å². The maximum absolute atomic E-state index is 13.2. The molecule has 90 valence electrons. The highest BCUT2D eigenvalue weighted by molar-refractivity contribution is 5.40. The van der Waals surface area contributed by atoms with E-state index in [0.717, 1.165) is 6.20 Å². The highest BCUT2D eigenvalue weighted by Crippen LogP contribution is 2.12. The molecule has 1 aromatic heterocycles. The van der Waals surface area contributed by atoms with E-state index in [9.17, 15) is 9.50 Å². The van der Waals surface area contributed by atoms with Crippen molar-refractivity contribution in [2.45, 2.75) is 20.0 Å². The third-order valence-electron chi connectivity index (χ3n) is 2.12. The molecule has 5 N–H and O–H groups in total. The van der Waals surface area contributed by atoms with E-state index >= 15 is 0 Å². The molecule has 7 heteroatoms. The third kappa shape index (κ3) is 3.28. The van der Waals surface area contributed by atoms with E-state index in [1.54, 1.807) is 0 Å². The molecular formula is C9H16FN5O. The Hall–Kier alpha value is -1.47. The zero-order valence-corrected chi connectivity index (χ0v) is 9.24. The predicted octanol–water partition coefficient (Wildman–Crippen LogP) is 0.330. The minimum absolute atomic E-state index is 0.0163. The van der Waals surface area contributed by atoms with Crippen molar-refractivity contribution in [3.63, 3.8) is 0 Å². The number of aliphatic hydroxyl groups excluding tert-OH is 1. The summed E-state index contributed by atoms with van der Waals surface area (Å²) in [6.45, 7) is 3.96. The maximum atomic E-state index is 13.2. The maximum Gasteiger partial charge on any atom is 0.239 e. The van der Waals surface area contributed by atoms with E-state index in [2.05, 4.69) is 20.7 Å². The Bertz CT molecular complexity index is 347. The number of nitrogens with two attached hydrogens (primary N) is 1. The zero-order chi connectivity index (χ0) is 12.1. The van der Waals surface area contributed by atoms with Crippen LogP contribution in [0.2, 0.25) is 0 Å². The number of hydrogen-bond acceptors (Lipinski definition) is 6. The summed E-state index contributed by atoms with van der Waals surface area (Å²) in [6, 6.07) is 0. The first-order valence-electron chi connectivity index (χ1n) is 4.95. The van der Waals surface area contributed by atoms with Crippen LogP contribution in [0.3, 0.4) is 0 Å². The lowest BCUT2D eigenvalue weighted by atomic mass is 10.1. The molecule has 0 bridgehead atoms. The van der Waals surface area contributed by atoms with Gasteiger partial charge in [-0.2, -0.15) is 4.98 Å². The fourth-order valence-corrected chi connectivity index (χ4v) is 0.998. The molecule has 16 heavy (non-hydrogen) atoms. The number of halogens is 1. The number of anilines is 2. The molecular weight excluding hydrogens is 213 g/mol. The topological polar surface area (TPSA) is 96.1 Å². The molecule has 0 aliphatic heterocycles. The highest BCUT2D eigenvalue weighted by Gasteiger charge is 2.11. The molecule has 0 aromatic carbocycles. The summed E-state index contributed by atoms with van der Waals surface area (Å²) >= 11 is 0. The van der Waals surface area contributed by atoms with E-state index in [-0.39, 0.29) is 24.2 Å². The Balaban J connectivity index is 2.65.